The molecule has 140 valence electrons. The molecule has 0 radical (unpaired) electrons. The summed E-state index contributed by atoms with van der Waals surface area (Å²) in [4.78, 5) is 19.1. The summed E-state index contributed by atoms with van der Waals surface area (Å²) < 4.78 is 1.87. The maximum Gasteiger partial charge on any atom is 0.323 e. The Labute approximate surface area is 150 Å². The van der Waals surface area contributed by atoms with Crippen molar-refractivity contribution >= 4 is 11.8 Å². The maximum absolute atomic E-state index is 12.5. The quantitative estimate of drug-likeness (QED) is 0.851. The van der Waals surface area contributed by atoms with Crippen LogP contribution in [0.5, 0.6) is 0 Å². The first-order valence-corrected chi connectivity index (χ1v) is 9.56. The van der Waals surface area contributed by atoms with Gasteiger partial charge in [0.05, 0.1) is 6.54 Å². The Morgan fingerprint density at radius 1 is 1.28 bits per heavy atom. The van der Waals surface area contributed by atoms with Gasteiger partial charge in [0.1, 0.15) is 0 Å². The molecular formula is C18H32N6O. The number of carbonyl (C=O) groups is 1. The van der Waals surface area contributed by atoms with Gasteiger partial charge in [0.15, 0.2) is 5.82 Å². The fourth-order valence-corrected chi connectivity index (χ4v) is 3.72. The molecule has 0 aromatic carbocycles. The third-order valence-corrected chi connectivity index (χ3v) is 5.19. The number of piperidine rings is 1. The maximum atomic E-state index is 12.5. The molecule has 2 aliphatic heterocycles. The van der Waals surface area contributed by atoms with Crippen LogP contribution in [0.25, 0.3) is 0 Å². The molecule has 0 bridgehead atoms. The zero-order chi connectivity index (χ0) is 17.6. The van der Waals surface area contributed by atoms with E-state index in [-0.39, 0.29) is 6.03 Å². The summed E-state index contributed by atoms with van der Waals surface area (Å²) in [7, 11) is 4.08. The van der Waals surface area contributed by atoms with Crippen LogP contribution in [0.1, 0.15) is 25.7 Å². The van der Waals surface area contributed by atoms with E-state index in [1.807, 2.05) is 35.9 Å². The molecule has 1 atom stereocenters. The predicted molar refractivity (Wildman–Crippen MR) is 99.8 cm³/mol. The van der Waals surface area contributed by atoms with E-state index in [0.29, 0.717) is 11.7 Å². The van der Waals surface area contributed by atoms with Gasteiger partial charge in [-0.05, 0) is 52.4 Å². The van der Waals surface area contributed by atoms with Gasteiger partial charge >= 0.3 is 6.03 Å². The molecule has 0 aliphatic carbocycles. The van der Waals surface area contributed by atoms with Gasteiger partial charge < -0.3 is 14.7 Å². The topological polar surface area (TPSA) is 56.6 Å². The third kappa shape index (κ3) is 5.44. The van der Waals surface area contributed by atoms with Crippen molar-refractivity contribution in [3.63, 3.8) is 0 Å². The number of aromatic nitrogens is 2. The van der Waals surface area contributed by atoms with Gasteiger partial charge in [-0.2, -0.15) is 5.10 Å². The zero-order valence-corrected chi connectivity index (χ0v) is 15.7. The summed E-state index contributed by atoms with van der Waals surface area (Å²) >= 11 is 0. The monoisotopic (exact) mass is 348 g/mol. The van der Waals surface area contributed by atoms with Crippen molar-refractivity contribution in [1.29, 1.82) is 0 Å². The molecule has 3 heterocycles. The zero-order valence-electron chi connectivity index (χ0n) is 15.7. The number of urea groups is 1. The summed E-state index contributed by atoms with van der Waals surface area (Å²) in [6.07, 6.45) is 7.06. The van der Waals surface area contributed by atoms with Crippen LogP contribution in [-0.2, 0) is 6.54 Å². The fraction of sp³-hybridized carbons (Fsp3) is 0.778. The number of likely N-dealkylation sites (tertiary alicyclic amines) is 2. The molecule has 2 fully saturated rings. The molecule has 3 rings (SSSR count). The molecule has 2 aliphatic rings. The van der Waals surface area contributed by atoms with Crippen LogP contribution in [0, 0.1) is 5.92 Å². The molecule has 1 N–H and O–H groups in total. The molecule has 2 amide bonds. The van der Waals surface area contributed by atoms with E-state index < -0.39 is 0 Å². The van der Waals surface area contributed by atoms with Gasteiger partial charge in [0.25, 0.3) is 0 Å². The molecule has 0 unspecified atom stereocenters. The van der Waals surface area contributed by atoms with Crippen molar-refractivity contribution in [3.8, 4) is 0 Å². The van der Waals surface area contributed by atoms with Gasteiger partial charge in [0.2, 0.25) is 0 Å². The molecule has 1 aromatic rings. The Morgan fingerprint density at radius 2 is 2.08 bits per heavy atom. The normalized spacial score (nSPS) is 21.9. The van der Waals surface area contributed by atoms with Crippen LogP contribution in [0.15, 0.2) is 12.3 Å². The smallest absolute Gasteiger partial charge is 0.323 e. The van der Waals surface area contributed by atoms with E-state index in [4.69, 9.17) is 0 Å². The van der Waals surface area contributed by atoms with Crippen LogP contribution >= 0.6 is 0 Å². The van der Waals surface area contributed by atoms with Crippen molar-refractivity contribution < 1.29 is 4.79 Å². The standard InChI is InChI=1S/C18H32N6O/c1-21(2)12-13-24-11-7-17(20-24)19-18(25)23-10-6-16(15-23)14-22-8-4-3-5-9-22/h7,11,16H,3-6,8-10,12-15H2,1-2H3,(H,19,20,25)/t16-/m0/s1. The lowest BCUT2D eigenvalue weighted by atomic mass is 10.1. The Balaban J connectivity index is 1.42. The molecule has 0 saturated carbocycles. The highest BCUT2D eigenvalue weighted by Crippen LogP contribution is 2.20. The number of hydrogen-bond donors (Lipinski definition) is 1. The number of nitrogens with zero attached hydrogens (tertiary/aromatic N) is 5. The highest BCUT2D eigenvalue weighted by Gasteiger charge is 2.28. The number of nitrogens with one attached hydrogen (secondary N) is 1. The Morgan fingerprint density at radius 3 is 2.84 bits per heavy atom. The largest absolute Gasteiger partial charge is 0.324 e. The molecule has 0 spiro atoms. The van der Waals surface area contributed by atoms with Crippen molar-refractivity contribution in [1.82, 2.24) is 24.5 Å². The van der Waals surface area contributed by atoms with Crippen molar-refractivity contribution in [2.24, 2.45) is 5.92 Å². The van der Waals surface area contributed by atoms with Crippen LogP contribution in [-0.4, -0.2) is 83.9 Å². The van der Waals surface area contributed by atoms with E-state index in [9.17, 15) is 4.79 Å². The van der Waals surface area contributed by atoms with E-state index >= 15 is 0 Å². The third-order valence-electron chi connectivity index (χ3n) is 5.19. The van der Waals surface area contributed by atoms with Crippen LogP contribution in [0.3, 0.4) is 0 Å². The first-order chi connectivity index (χ1) is 12.1. The minimum Gasteiger partial charge on any atom is -0.324 e. The first kappa shape index (κ1) is 18.2. The van der Waals surface area contributed by atoms with Gasteiger partial charge in [-0.3, -0.25) is 10.00 Å². The molecule has 25 heavy (non-hydrogen) atoms. The highest BCUT2D eigenvalue weighted by atomic mass is 16.2. The second kappa shape index (κ2) is 8.67. The molecule has 1 aromatic heterocycles. The Hall–Kier alpha value is -1.60. The van der Waals surface area contributed by atoms with Gasteiger partial charge in [-0.1, -0.05) is 6.42 Å². The lowest BCUT2D eigenvalue weighted by molar-refractivity contribution is 0.192. The minimum atomic E-state index is -0.0148. The average molecular weight is 348 g/mol. The van der Waals surface area contributed by atoms with E-state index in [1.54, 1.807) is 0 Å². The van der Waals surface area contributed by atoms with Crippen molar-refractivity contribution in [2.75, 3.05) is 58.7 Å². The van der Waals surface area contributed by atoms with E-state index in [0.717, 1.165) is 39.1 Å². The molecule has 2 saturated heterocycles. The van der Waals surface area contributed by atoms with Gasteiger partial charge in [-0.15, -0.1) is 0 Å². The number of rotatable bonds is 6. The summed E-state index contributed by atoms with van der Waals surface area (Å²) in [5.41, 5.74) is 0. The minimum absolute atomic E-state index is 0.0148. The number of carbonyl (C=O) groups excluding carboxylic acids is 1. The first-order valence-electron chi connectivity index (χ1n) is 9.56. The lowest BCUT2D eigenvalue weighted by Gasteiger charge is -2.28. The number of anilines is 1. The second-order valence-electron chi connectivity index (χ2n) is 7.66. The van der Waals surface area contributed by atoms with Gasteiger partial charge in [-0.25, -0.2) is 4.79 Å². The van der Waals surface area contributed by atoms with Gasteiger partial charge in [0, 0.05) is 38.4 Å². The SMILES string of the molecule is CN(C)CCn1ccc(NC(=O)N2CC[C@@H](CN3CCCCC3)C2)n1. The number of amides is 2. The van der Waals surface area contributed by atoms with Crippen LogP contribution in [0.4, 0.5) is 10.6 Å². The van der Waals surface area contributed by atoms with Crippen LogP contribution in [0.2, 0.25) is 0 Å². The van der Waals surface area contributed by atoms with Crippen LogP contribution < -0.4 is 5.32 Å². The number of likely N-dealkylation sites (N-methyl/N-ethyl adjacent to an activating group) is 1. The Kier molecular flexibility index (Phi) is 6.31. The van der Waals surface area contributed by atoms with Crippen molar-refractivity contribution in [2.45, 2.75) is 32.2 Å². The van der Waals surface area contributed by atoms with E-state index in [1.165, 1.54) is 32.4 Å². The Bertz CT molecular complexity index is 552. The van der Waals surface area contributed by atoms with Crippen molar-refractivity contribution in [3.05, 3.63) is 12.3 Å². The predicted octanol–water partition coefficient (Wildman–Crippen LogP) is 1.78. The fourth-order valence-electron chi connectivity index (χ4n) is 3.72. The summed E-state index contributed by atoms with van der Waals surface area (Å²) in [6, 6.07) is 1.86. The van der Waals surface area contributed by atoms with E-state index in [2.05, 4.69) is 20.2 Å². The summed E-state index contributed by atoms with van der Waals surface area (Å²) in [5.74, 6) is 1.25. The summed E-state index contributed by atoms with van der Waals surface area (Å²) in [6.45, 7) is 7.07. The highest BCUT2D eigenvalue weighted by molar-refractivity contribution is 5.88. The number of hydrogen-bond acceptors (Lipinski definition) is 4. The lowest BCUT2D eigenvalue weighted by Crippen LogP contribution is -2.37. The summed E-state index contributed by atoms with van der Waals surface area (Å²) in [5, 5.41) is 7.37. The molecule has 7 heteroatoms. The molecule has 7 nitrogen and oxygen atoms in total. The molecular weight excluding hydrogens is 316 g/mol. The average Bonchev–Trinajstić information content (AvgIpc) is 3.23. The second-order valence-corrected chi connectivity index (χ2v) is 7.66.